The standard InChI is InChI=1S/C43H38ClF5N10O5/c1-2-32-35(55-12-14-56(15-13-55)39(61)34-36(64-19-25-6-4-3-5-7-25)38(51-24-50-34)57-22-42(45,46)23-57)40(62)59-41(53-37(54-59)26-8-9-27-20-63-21-28(27)16-26)58(32)18-33(60)52-31-11-10-29(17-30(31)44)43(47,48)49/h3-11,16-17,24H,2,12-15,18-23H2,1H3,(H,52,60). The number of anilines is 3. The van der Waals surface area contributed by atoms with Gasteiger partial charge in [-0.1, -0.05) is 61.0 Å². The first-order valence-electron chi connectivity index (χ1n) is 20.2. The van der Waals surface area contributed by atoms with E-state index in [1.807, 2.05) is 48.5 Å². The topological polar surface area (TPSA) is 152 Å². The minimum absolute atomic E-state index is 0.0222. The highest BCUT2D eigenvalue weighted by molar-refractivity contribution is 6.33. The third kappa shape index (κ3) is 8.29. The van der Waals surface area contributed by atoms with E-state index >= 15 is 0 Å². The Morgan fingerprint density at radius 2 is 1.69 bits per heavy atom. The third-order valence-corrected chi connectivity index (χ3v) is 11.6. The van der Waals surface area contributed by atoms with Crippen LogP contribution in [0.25, 0.3) is 17.2 Å². The number of carbonyl (C=O) groups excluding carboxylic acids is 2. The molecule has 15 nitrogen and oxygen atoms in total. The monoisotopic (exact) mass is 904 g/mol. The summed E-state index contributed by atoms with van der Waals surface area (Å²) in [6.07, 6.45) is -3.28. The fourth-order valence-corrected chi connectivity index (χ4v) is 8.27. The number of alkyl halides is 5. The number of hydrogen-bond acceptors (Lipinski definition) is 11. The summed E-state index contributed by atoms with van der Waals surface area (Å²) in [5.41, 5.74) is 2.29. The van der Waals surface area contributed by atoms with Crippen molar-refractivity contribution >= 4 is 46.4 Å². The first-order chi connectivity index (χ1) is 30.7. The van der Waals surface area contributed by atoms with Crippen molar-refractivity contribution in [1.29, 1.82) is 0 Å². The first-order valence-corrected chi connectivity index (χ1v) is 20.6. The molecule has 9 rings (SSSR count). The largest absolute Gasteiger partial charge is 0.483 e. The number of piperazine rings is 1. The molecule has 0 bridgehead atoms. The summed E-state index contributed by atoms with van der Waals surface area (Å²) in [5.74, 6) is -3.81. The lowest BCUT2D eigenvalue weighted by molar-refractivity contribution is -0.137. The molecule has 0 spiro atoms. The van der Waals surface area contributed by atoms with Crippen LogP contribution in [0.5, 0.6) is 5.75 Å². The van der Waals surface area contributed by atoms with Gasteiger partial charge in [0.1, 0.15) is 25.2 Å². The zero-order valence-electron chi connectivity index (χ0n) is 34.0. The fraction of sp³-hybridized carbons (Fsp3) is 0.326. The second-order valence-corrected chi connectivity index (χ2v) is 16.0. The van der Waals surface area contributed by atoms with Crippen LogP contribution in [-0.2, 0) is 48.5 Å². The summed E-state index contributed by atoms with van der Waals surface area (Å²) in [5, 5.41) is 6.88. The molecule has 0 saturated carbocycles. The molecule has 0 aliphatic carbocycles. The molecular formula is C43H38ClF5N10O5. The maximum atomic E-state index is 14.6. The van der Waals surface area contributed by atoms with Gasteiger partial charge in [0.25, 0.3) is 17.4 Å². The van der Waals surface area contributed by atoms with Crippen molar-refractivity contribution in [2.24, 2.45) is 0 Å². The first kappa shape index (κ1) is 42.6. The lowest BCUT2D eigenvalue weighted by atomic mass is 10.1. The van der Waals surface area contributed by atoms with E-state index in [9.17, 15) is 36.3 Å². The van der Waals surface area contributed by atoms with Gasteiger partial charge in [0.05, 0.1) is 48.3 Å². The molecule has 1 N–H and O–H groups in total. The molecule has 21 heteroatoms. The van der Waals surface area contributed by atoms with Gasteiger partial charge in [0, 0.05) is 31.7 Å². The van der Waals surface area contributed by atoms with Crippen LogP contribution in [0, 0.1) is 0 Å². The molecule has 2 amide bonds. The van der Waals surface area contributed by atoms with Crippen LogP contribution in [0.15, 0.2) is 77.9 Å². The van der Waals surface area contributed by atoms with Crippen LogP contribution in [0.2, 0.25) is 5.02 Å². The predicted molar refractivity (Wildman–Crippen MR) is 224 cm³/mol. The van der Waals surface area contributed by atoms with E-state index in [4.69, 9.17) is 26.1 Å². The summed E-state index contributed by atoms with van der Waals surface area (Å²) in [6.45, 7) is 1.55. The SMILES string of the molecule is CCc1c(N2CCN(C(=O)c3ncnc(N4CC(F)(F)C4)c3OCc3ccccc3)CC2)c(=O)n2nc(-c3ccc4c(c3)COC4)nc2n1CC(=O)Nc1ccc(C(F)(F)F)cc1Cl. The maximum Gasteiger partial charge on any atom is 0.416 e. The Kier molecular flexibility index (Phi) is 11.2. The maximum absolute atomic E-state index is 14.6. The highest BCUT2D eigenvalue weighted by Gasteiger charge is 2.46. The normalized spacial score (nSPS) is 15.9. The molecular weight excluding hydrogens is 867 g/mol. The van der Waals surface area contributed by atoms with Gasteiger partial charge in [0.15, 0.2) is 23.1 Å². The Hall–Kier alpha value is -6.67. The van der Waals surface area contributed by atoms with Crippen LogP contribution in [0.3, 0.4) is 0 Å². The van der Waals surface area contributed by atoms with Gasteiger partial charge in [0.2, 0.25) is 11.7 Å². The average Bonchev–Trinajstić information content (AvgIpc) is 3.94. The van der Waals surface area contributed by atoms with Crippen molar-refractivity contribution < 1.29 is 41.0 Å². The van der Waals surface area contributed by atoms with Gasteiger partial charge in [-0.15, -0.1) is 5.10 Å². The van der Waals surface area contributed by atoms with Crippen LogP contribution in [0.1, 0.15) is 45.4 Å². The average molecular weight is 905 g/mol. The Morgan fingerprint density at radius 3 is 2.39 bits per heavy atom. The number of benzene rings is 3. The van der Waals surface area contributed by atoms with Gasteiger partial charge in [-0.25, -0.2) is 18.7 Å². The molecule has 3 aromatic carbocycles. The van der Waals surface area contributed by atoms with Crippen LogP contribution >= 0.6 is 11.6 Å². The van der Waals surface area contributed by atoms with E-state index in [-0.39, 0.29) is 84.5 Å². The molecule has 0 atom stereocenters. The number of halogens is 6. The highest BCUT2D eigenvalue weighted by atomic mass is 35.5. The molecule has 2 fully saturated rings. The van der Waals surface area contributed by atoms with Crippen molar-refractivity contribution in [3.05, 3.63) is 122 Å². The Balaban J connectivity index is 1.03. The summed E-state index contributed by atoms with van der Waals surface area (Å²) in [4.78, 5) is 60.4. The second-order valence-electron chi connectivity index (χ2n) is 15.5. The number of nitrogens with one attached hydrogen (secondary N) is 1. The number of ether oxygens (including phenoxy) is 2. The Morgan fingerprint density at radius 1 is 0.938 bits per heavy atom. The van der Waals surface area contributed by atoms with Crippen LogP contribution < -0.4 is 25.4 Å². The molecule has 6 heterocycles. The number of rotatable bonds is 11. The third-order valence-electron chi connectivity index (χ3n) is 11.3. The quantitative estimate of drug-likeness (QED) is 0.147. The summed E-state index contributed by atoms with van der Waals surface area (Å²) in [7, 11) is 0. The molecule has 6 aromatic rings. The summed E-state index contributed by atoms with van der Waals surface area (Å²) in [6, 6.07) is 17.3. The highest BCUT2D eigenvalue weighted by Crippen LogP contribution is 2.38. The predicted octanol–water partition coefficient (Wildman–Crippen LogP) is 6.25. The number of nitrogens with zero attached hydrogens (tertiary/aromatic N) is 9. The molecule has 3 aromatic heterocycles. The minimum Gasteiger partial charge on any atom is -0.483 e. The Bertz CT molecular complexity index is 2840. The zero-order valence-corrected chi connectivity index (χ0v) is 34.8. The van der Waals surface area contributed by atoms with Crippen molar-refractivity contribution in [1.82, 2.24) is 34.0 Å². The van der Waals surface area contributed by atoms with Crippen LogP contribution in [0.4, 0.5) is 39.1 Å². The van der Waals surface area contributed by atoms with Gasteiger partial charge in [-0.2, -0.15) is 22.7 Å². The molecule has 3 aliphatic heterocycles. The fourth-order valence-electron chi connectivity index (χ4n) is 8.04. The summed E-state index contributed by atoms with van der Waals surface area (Å²) >= 11 is 6.18. The second kappa shape index (κ2) is 16.8. The molecule has 0 radical (unpaired) electrons. The van der Waals surface area contributed by atoms with E-state index in [0.29, 0.717) is 24.5 Å². The van der Waals surface area contributed by atoms with Gasteiger partial charge in [-0.05, 0) is 47.4 Å². The van der Waals surface area contributed by atoms with Gasteiger partial charge < -0.3 is 34.1 Å². The molecule has 2 saturated heterocycles. The van der Waals surface area contributed by atoms with E-state index in [1.54, 1.807) is 11.8 Å². The van der Waals surface area contributed by atoms with E-state index in [1.165, 1.54) is 14.4 Å². The number of hydrogen-bond donors (Lipinski definition) is 1. The van der Waals surface area contributed by atoms with E-state index in [0.717, 1.165) is 45.7 Å². The smallest absolute Gasteiger partial charge is 0.416 e. The van der Waals surface area contributed by atoms with Crippen molar-refractivity contribution in [2.75, 3.05) is 54.4 Å². The number of aromatic nitrogens is 6. The van der Waals surface area contributed by atoms with Crippen molar-refractivity contribution in [3.8, 4) is 17.1 Å². The zero-order chi connectivity index (χ0) is 44.9. The summed E-state index contributed by atoms with van der Waals surface area (Å²) < 4.78 is 82.4. The van der Waals surface area contributed by atoms with Crippen molar-refractivity contribution in [3.63, 3.8) is 0 Å². The van der Waals surface area contributed by atoms with Gasteiger partial charge >= 0.3 is 6.18 Å². The van der Waals surface area contributed by atoms with Crippen LogP contribution in [-0.4, -0.2) is 91.0 Å². The Labute approximate surface area is 366 Å². The lowest BCUT2D eigenvalue weighted by Crippen LogP contribution is -2.57. The number of amides is 2. The number of fused-ring (bicyclic) bond motifs is 2. The van der Waals surface area contributed by atoms with Crippen molar-refractivity contribution in [2.45, 2.75) is 51.8 Å². The molecule has 64 heavy (non-hydrogen) atoms. The minimum atomic E-state index is -4.65. The lowest BCUT2D eigenvalue weighted by Gasteiger charge is -2.40. The molecule has 3 aliphatic rings. The molecule has 332 valence electrons. The van der Waals surface area contributed by atoms with E-state index in [2.05, 4.69) is 20.4 Å². The molecule has 0 unspecified atom stereocenters. The van der Waals surface area contributed by atoms with Gasteiger partial charge in [-0.3, -0.25) is 14.4 Å². The number of carbonyl (C=O) groups is 2. The van der Waals surface area contributed by atoms with E-state index < -0.39 is 54.7 Å².